The lowest BCUT2D eigenvalue weighted by Gasteiger charge is -2.08. The second-order valence-corrected chi connectivity index (χ2v) is 5.60. The van der Waals surface area contributed by atoms with Crippen LogP contribution in [0.1, 0.15) is 29.8 Å². The van der Waals surface area contributed by atoms with Crippen molar-refractivity contribution in [2.45, 2.75) is 20.3 Å². The van der Waals surface area contributed by atoms with Crippen molar-refractivity contribution in [2.24, 2.45) is 0 Å². The highest BCUT2D eigenvalue weighted by atomic mass is 16.1. The average molecular weight is 333 g/mol. The van der Waals surface area contributed by atoms with Crippen LogP contribution in [0, 0.1) is 0 Å². The van der Waals surface area contributed by atoms with E-state index >= 15 is 0 Å². The Morgan fingerprint density at radius 3 is 2.24 bits per heavy atom. The zero-order chi connectivity index (χ0) is 17.6. The molecule has 6 heteroatoms. The standard InChI is InChI=1S/C19H19N5O/c1-3-14-4-8-17(9-5-14)22-19-23-18(12-20-24-19)21-16-10-6-15(7-11-16)13(2)25/h4-12H,3H2,1-2H3,(H2,21,22,23,24). The number of aromatic nitrogens is 3. The minimum absolute atomic E-state index is 0.0378. The highest BCUT2D eigenvalue weighted by Gasteiger charge is 2.03. The molecule has 0 spiro atoms. The summed E-state index contributed by atoms with van der Waals surface area (Å²) in [5, 5.41) is 14.2. The molecule has 126 valence electrons. The van der Waals surface area contributed by atoms with Crippen molar-refractivity contribution < 1.29 is 4.79 Å². The molecule has 2 aromatic carbocycles. The molecule has 1 aromatic heterocycles. The monoisotopic (exact) mass is 333 g/mol. The molecule has 6 nitrogen and oxygen atoms in total. The molecule has 2 N–H and O–H groups in total. The topological polar surface area (TPSA) is 79.8 Å². The molecule has 0 aliphatic rings. The SMILES string of the molecule is CCc1ccc(Nc2nncc(Nc3ccc(C(C)=O)cc3)n2)cc1. The van der Waals surface area contributed by atoms with Crippen LogP contribution in [0.15, 0.2) is 54.7 Å². The molecule has 0 aliphatic carbocycles. The number of ketones is 1. The normalized spacial score (nSPS) is 10.3. The van der Waals surface area contributed by atoms with Gasteiger partial charge in [0.25, 0.3) is 0 Å². The minimum Gasteiger partial charge on any atom is -0.339 e. The lowest BCUT2D eigenvalue weighted by molar-refractivity contribution is 0.101. The third-order valence-electron chi connectivity index (χ3n) is 3.74. The third-order valence-corrected chi connectivity index (χ3v) is 3.74. The molecule has 0 atom stereocenters. The van der Waals surface area contributed by atoms with E-state index in [1.165, 1.54) is 5.56 Å². The predicted octanol–water partition coefficient (Wildman–Crippen LogP) is 4.12. The number of anilines is 4. The van der Waals surface area contributed by atoms with Gasteiger partial charge in [0.2, 0.25) is 5.95 Å². The van der Waals surface area contributed by atoms with Crippen LogP contribution in [0.3, 0.4) is 0 Å². The lowest BCUT2D eigenvalue weighted by atomic mass is 10.1. The van der Waals surface area contributed by atoms with E-state index in [2.05, 4.69) is 44.9 Å². The van der Waals surface area contributed by atoms with Gasteiger partial charge >= 0.3 is 0 Å². The summed E-state index contributed by atoms with van der Waals surface area (Å²) >= 11 is 0. The van der Waals surface area contributed by atoms with E-state index in [9.17, 15) is 4.79 Å². The van der Waals surface area contributed by atoms with Gasteiger partial charge in [-0.2, -0.15) is 10.1 Å². The molecule has 0 amide bonds. The number of aryl methyl sites for hydroxylation is 1. The molecule has 0 bridgehead atoms. The molecule has 0 fully saturated rings. The van der Waals surface area contributed by atoms with Crippen LogP contribution in [0.25, 0.3) is 0 Å². The first kappa shape index (κ1) is 16.6. The van der Waals surface area contributed by atoms with Crippen LogP contribution in [0.2, 0.25) is 0 Å². The second kappa shape index (κ2) is 7.53. The van der Waals surface area contributed by atoms with Crippen LogP contribution in [0.5, 0.6) is 0 Å². The fraction of sp³-hybridized carbons (Fsp3) is 0.158. The summed E-state index contributed by atoms with van der Waals surface area (Å²) in [5.74, 6) is 1.02. The Balaban J connectivity index is 1.71. The molecule has 3 rings (SSSR count). The van der Waals surface area contributed by atoms with Gasteiger partial charge in [0, 0.05) is 16.9 Å². The van der Waals surface area contributed by atoms with E-state index in [0.29, 0.717) is 17.3 Å². The summed E-state index contributed by atoms with van der Waals surface area (Å²) < 4.78 is 0. The first-order valence-electron chi connectivity index (χ1n) is 8.08. The molecular formula is C19H19N5O. The van der Waals surface area contributed by atoms with Gasteiger partial charge in [-0.1, -0.05) is 19.1 Å². The number of hydrogen-bond donors (Lipinski definition) is 2. The maximum Gasteiger partial charge on any atom is 0.249 e. The molecule has 0 saturated carbocycles. The summed E-state index contributed by atoms with van der Waals surface area (Å²) in [6.45, 7) is 3.66. The van der Waals surface area contributed by atoms with Gasteiger partial charge in [-0.05, 0) is 55.3 Å². The number of nitrogens with one attached hydrogen (secondary N) is 2. The van der Waals surface area contributed by atoms with E-state index in [4.69, 9.17) is 0 Å². The summed E-state index contributed by atoms with van der Waals surface area (Å²) in [6.07, 6.45) is 2.55. The van der Waals surface area contributed by atoms with Crippen LogP contribution in [-0.4, -0.2) is 21.0 Å². The molecular weight excluding hydrogens is 314 g/mol. The lowest BCUT2D eigenvalue weighted by Crippen LogP contribution is -2.02. The van der Waals surface area contributed by atoms with Gasteiger partial charge in [0.1, 0.15) is 0 Å². The van der Waals surface area contributed by atoms with E-state index in [1.807, 2.05) is 24.3 Å². The van der Waals surface area contributed by atoms with Gasteiger partial charge in [-0.15, -0.1) is 5.10 Å². The number of carbonyl (C=O) groups excluding carboxylic acids is 1. The number of nitrogens with zero attached hydrogens (tertiary/aromatic N) is 3. The highest BCUT2D eigenvalue weighted by Crippen LogP contribution is 2.18. The molecule has 1 heterocycles. The average Bonchev–Trinajstić information content (AvgIpc) is 2.63. The maximum absolute atomic E-state index is 11.3. The van der Waals surface area contributed by atoms with E-state index in [1.54, 1.807) is 25.3 Å². The Hall–Kier alpha value is -3.28. The van der Waals surface area contributed by atoms with Crippen LogP contribution in [-0.2, 0) is 6.42 Å². The summed E-state index contributed by atoms with van der Waals surface area (Å²) in [7, 11) is 0. The number of Topliss-reactive ketones (excluding diaryl/α,β-unsaturated/α-hetero) is 1. The van der Waals surface area contributed by atoms with Crippen molar-refractivity contribution in [3.05, 3.63) is 65.9 Å². The number of hydrogen-bond acceptors (Lipinski definition) is 6. The fourth-order valence-electron chi connectivity index (χ4n) is 2.31. The Kier molecular flexibility index (Phi) is 4.99. The van der Waals surface area contributed by atoms with Crippen LogP contribution >= 0.6 is 0 Å². The zero-order valence-electron chi connectivity index (χ0n) is 14.2. The fourth-order valence-corrected chi connectivity index (χ4v) is 2.31. The Morgan fingerprint density at radius 1 is 0.960 bits per heavy atom. The van der Waals surface area contributed by atoms with Gasteiger partial charge in [-0.3, -0.25) is 4.79 Å². The first-order valence-corrected chi connectivity index (χ1v) is 8.08. The van der Waals surface area contributed by atoms with Gasteiger partial charge in [-0.25, -0.2) is 0 Å². The Bertz CT molecular complexity index is 860. The smallest absolute Gasteiger partial charge is 0.249 e. The molecule has 0 saturated heterocycles. The van der Waals surface area contributed by atoms with Gasteiger partial charge in [0.05, 0.1) is 6.20 Å². The van der Waals surface area contributed by atoms with Gasteiger partial charge in [0.15, 0.2) is 11.6 Å². The van der Waals surface area contributed by atoms with E-state index in [0.717, 1.165) is 17.8 Å². The summed E-state index contributed by atoms with van der Waals surface area (Å²) in [6, 6.07) is 15.3. The van der Waals surface area contributed by atoms with Crippen molar-refractivity contribution in [3.8, 4) is 0 Å². The quantitative estimate of drug-likeness (QED) is 0.660. The molecule has 0 radical (unpaired) electrons. The van der Waals surface area contributed by atoms with Crippen molar-refractivity contribution >= 4 is 28.9 Å². The summed E-state index contributed by atoms with van der Waals surface area (Å²) in [4.78, 5) is 15.7. The molecule has 0 aliphatic heterocycles. The highest BCUT2D eigenvalue weighted by molar-refractivity contribution is 5.94. The van der Waals surface area contributed by atoms with Crippen LogP contribution in [0.4, 0.5) is 23.1 Å². The molecule has 25 heavy (non-hydrogen) atoms. The van der Waals surface area contributed by atoms with Gasteiger partial charge < -0.3 is 10.6 Å². The van der Waals surface area contributed by atoms with Crippen LogP contribution < -0.4 is 10.6 Å². The number of rotatable bonds is 6. The van der Waals surface area contributed by atoms with E-state index in [-0.39, 0.29) is 5.78 Å². The third kappa shape index (κ3) is 4.38. The second-order valence-electron chi connectivity index (χ2n) is 5.60. The Morgan fingerprint density at radius 2 is 1.60 bits per heavy atom. The minimum atomic E-state index is 0.0378. The van der Waals surface area contributed by atoms with E-state index < -0.39 is 0 Å². The number of carbonyl (C=O) groups is 1. The van der Waals surface area contributed by atoms with Crippen molar-refractivity contribution in [1.82, 2.24) is 15.2 Å². The number of benzene rings is 2. The maximum atomic E-state index is 11.3. The van der Waals surface area contributed by atoms with Crippen molar-refractivity contribution in [1.29, 1.82) is 0 Å². The molecule has 3 aromatic rings. The zero-order valence-corrected chi connectivity index (χ0v) is 14.2. The first-order chi connectivity index (χ1) is 12.1. The summed E-state index contributed by atoms with van der Waals surface area (Å²) in [5.41, 5.74) is 3.67. The largest absolute Gasteiger partial charge is 0.339 e. The predicted molar refractivity (Wildman–Crippen MR) is 98.7 cm³/mol. The van der Waals surface area contributed by atoms with Crippen molar-refractivity contribution in [3.63, 3.8) is 0 Å². The Labute approximate surface area is 146 Å². The molecule has 0 unspecified atom stereocenters. The van der Waals surface area contributed by atoms with Crippen molar-refractivity contribution in [2.75, 3.05) is 10.6 Å².